The molecule has 7 nitrogen and oxygen atoms in total. The van der Waals surface area contributed by atoms with Gasteiger partial charge in [0.1, 0.15) is 0 Å². The highest BCUT2D eigenvalue weighted by atomic mass is 32.2. The van der Waals surface area contributed by atoms with Crippen LogP contribution in [0.5, 0.6) is 0 Å². The molecule has 0 unspecified atom stereocenters. The molecule has 0 radical (unpaired) electrons. The van der Waals surface area contributed by atoms with Gasteiger partial charge in [-0.05, 0) is 36.8 Å². The van der Waals surface area contributed by atoms with Gasteiger partial charge in [0.2, 0.25) is 16.9 Å². The lowest BCUT2D eigenvalue weighted by molar-refractivity contribution is -0.137. The van der Waals surface area contributed by atoms with Gasteiger partial charge in [-0.2, -0.15) is 13.2 Å². The first kappa shape index (κ1) is 24.5. The van der Waals surface area contributed by atoms with E-state index in [1.54, 1.807) is 0 Å². The van der Waals surface area contributed by atoms with E-state index in [4.69, 9.17) is 0 Å². The number of rotatable bonds is 8. The molecule has 174 valence electrons. The summed E-state index contributed by atoms with van der Waals surface area (Å²) in [6, 6.07) is 12.4. The van der Waals surface area contributed by atoms with Gasteiger partial charge < -0.3 is 15.5 Å². The molecule has 2 N–H and O–H groups in total. The topological polar surface area (TPSA) is 87.2 Å². The van der Waals surface area contributed by atoms with E-state index >= 15 is 0 Å². The van der Waals surface area contributed by atoms with Crippen molar-refractivity contribution in [2.24, 2.45) is 0 Å². The van der Waals surface area contributed by atoms with Crippen LogP contribution in [0.25, 0.3) is 0 Å². The molecule has 2 amide bonds. The third-order valence-electron chi connectivity index (χ3n) is 4.31. The van der Waals surface area contributed by atoms with Crippen LogP contribution in [0.15, 0.2) is 52.9 Å². The fraction of sp³-hybridized carbons (Fsp3) is 0.238. The van der Waals surface area contributed by atoms with E-state index < -0.39 is 17.6 Å². The first-order valence-electron chi connectivity index (χ1n) is 9.62. The van der Waals surface area contributed by atoms with Crippen LogP contribution < -0.4 is 10.6 Å². The second kappa shape index (κ2) is 10.7. The predicted octanol–water partition coefficient (Wildman–Crippen LogP) is 4.80. The first-order valence-corrected chi connectivity index (χ1v) is 11.4. The Morgan fingerprint density at radius 3 is 2.61 bits per heavy atom. The molecule has 0 aliphatic heterocycles. The number of likely N-dealkylation sites (N-methyl/N-ethyl adjacent to an activating group) is 1. The zero-order valence-corrected chi connectivity index (χ0v) is 19.3. The third-order valence-corrected chi connectivity index (χ3v) is 6.26. The lowest BCUT2D eigenvalue weighted by atomic mass is 10.1. The van der Waals surface area contributed by atoms with Crippen molar-refractivity contribution >= 4 is 51.4 Å². The molecule has 1 aromatic heterocycles. The fourth-order valence-corrected chi connectivity index (χ4v) is 4.44. The van der Waals surface area contributed by atoms with E-state index in [1.807, 2.05) is 31.2 Å². The van der Waals surface area contributed by atoms with E-state index in [-0.39, 0.29) is 23.9 Å². The Morgan fingerprint density at radius 1 is 1.12 bits per heavy atom. The quantitative estimate of drug-likeness (QED) is 0.437. The first-order chi connectivity index (χ1) is 15.6. The van der Waals surface area contributed by atoms with Crippen molar-refractivity contribution in [3.63, 3.8) is 0 Å². The third kappa shape index (κ3) is 7.19. The summed E-state index contributed by atoms with van der Waals surface area (Å²) in [5.41, 5.74) is 0.664. The van der Waals surface area contributed by atoms with E-state index in [9.17, 15) is 22.8 Å². The lowest BCUT2D eigenvalue weighted by Crippen LogP contribution is -2.36. The summed E-state index contributed by atoms with van der Waals surface area (Å²) in [5, 5.41) is 14.0. The van der Waals surface area contributed by atoms with Gasteiger partial charge in [0.05, 0.1) is 23.5 Å². The minimum Gasteiger partial charge on any atom is -0.336 e. The molecular weight excluding hydrogens is 475 g/mol. The Kier molecular flexibility index (Phi) is 7.92. The van der Waals surface area contributed by atoms with Gasteiger partial charge in [-0.15, -0.1) is 10.2 Å². The Hall–Kier alpha value is -3.12. The van der Waals surface area contributed by atoms with E-state index in [2.05, 4.69) is 20.8 Å². The van der Waals surface area contributed by atoms with Gasteiger partial charge in [0, 0.05) is 12.7 Å². The van der Waals surface area contributed by atoms with Crippen molar-refractivity contribution in [3.05, 3.63) is 59.7 Å². The zero-order valence-electron chi connectivity index (χ0n) is 17.6. The van der Waals surface area contributed by atoms with Crippen molar-refractivity contribution in [1.82, 2.24) is 15.1 Å². The summed E-state index contributed by atoms with van der Waals surface area (Å²) in [6.07, 6.45) is -4.60. The van der Waals surface area contributed by atoms with Gasteiger partial charge in [-0.3, -0.25) is 9.59 Å². The van der Waals surface area contributed by atoms with Crippen molar-refractivity contribution in [2.45, 2.75) is 17.4 Å². The average Bonchev–Trinajstić information content (AvgIpc) is 3.18. The van der Waals surface area contributed by atoms with Gasteiger partial charge in [0.25, 0.3) is 0 Å². The maximum atomic E-state index is 13.1. The Morgan fingerprint density at radius 2 is 1.88 bits per heavy atom. The zero-order chi connectivity index (χ0) is 24.0. The van der Waals surface area contributed by atoms with E-state index in [1.165, 1.54) is 30.5 Å². The number of para-hydroxylation sites is 1. The maximum Gasteiger partial charge on any atom is 0.418 e. The SMILES string of the molecule is Cc1cccc(Nc2nnc(SCC(=O)N(C)CC(=O)Nc3ccccc3C(F)(F)F)s2)c1. The Labute approximate surface area is 196 Å². The monoisotopic (exact) mass is 495 g/mol. The minimum atomic E-state index is -4.60. The molecule has 0 saturated carbocycles. The Balaban J connectivity index is 1.49. The van der Waals surface area contributed by atoms with Crippen LogP contribution in [0, 0.1) is 6.92 Å². The van der Waals surface area contributed by atoms with Crippen LogP contribution in [0.4, 0.5) is 29.7 Å². The molecule has 1 heterocycles. The van der Waals surface area contributed by atoms with Crippen LogP contribution in [-0.2, 0) is 15.8 Å². The number of anilines is 3. The van der Waals surface area contributed by atoms with Gasteiger partial charge in [-0.25, -0.2) is 0 Å². The van der Waals surface area contributed by atoms with Crippen LogP contribution in [0.1, 0.15) is 11.1 Å². The number of nitrogens with zero attached hydrogens (tertiary/aromatic N) is 3. The molecule has 12 heteroatoms. The molecule has 33 heavy (non-hydrogen) atoms. The number of thioether (sulfide) groups is 1. The highest BCUT2D eigenvalue weighted by molar-refractivity contribution is 8.01. The second-order valence-electron chi connectivity index (χ2n) is 7.00. The van der Waals surface area contributed by atoms with Crippen LogP contribution in [0.3, 0.4) is 0 Å². The normalized spacial score (nSPS) is 11.2. The number of nitrogens with one attached hydrogen (secondary N) is 2. The summed E-state index contributed by atoms with van der Waals surface area (Å²) in [4.78, 5) is 25.7. The number of aromatic nitrogens is 2. The van der Waals surface area contributed by atoms with Gasteiger partial charge in [0.15, 0.2) is 4.34 Å². The van der Waals surface area contributed by atoms with Crippen LogP contribution in [0.2, 0.25) is 0 Å². The molecule has 0 aliphatic carbocycles. The molecule has 3 aromatic rings. The summed E-state index contributed by atoms with van der Waals surface area (Å²) < 4.78 is 39.7. The predicted molar refractivity (Wildman–Crippen MR) is 123 cm³/mol. The summed E-state index contributed by atoms with van der Waals surface area (Å²) in [7, 11) is 1.41. The number of hydrogen-bond acceptors (Lipinski definition) is 7. The van der Waals surface area contributed by atoms with Crippen LogP contribution in [-0.4, -0.2) is 46.3 Å². The Bertz CT molecular complexity index is 1140. The molecule has 0 fully saturated rings. The summed E-state index contributed by atoms with van der Waals surface area (Å²) in [6.45, 7) is 1.59. The van der Waals surface area contributed by atoms with Crippen molar-refractivity contribution in [3.8, 4) is 0 Å². The molecule has 0 bridgehead atoms. The van der Waals surface area contributed by atoms with Crippen molar-refractivity contribution < 1.29 is 22.8 Å². The average molecular weight is 496 g/mol. The summed E-state index contributed by atoms with van der Waals surface area (Å²) >= 11 is 2.44. The van der Waals surface area contributed by atoms with Crippen LogP contribution >= 0.6 is 23.1 Å². The second-order valence-corrected chi connectivity index (χ2v) is 9.20. The number of halogens is 3. The molecule has 0 aliphatic rings. The summed E-state index contributed by atoms with van der Waals surface area (Å²) in [5.74, 6) is -1.10. The maximum absolute atomic E-state index is 13.1. The highest BCUT2D eigenvalue weighted by Gasteiger charge is 2.33. The molecule has 0 spiro atoms. The number of carbonyl (C=O) groups is 2. The molecule has 3 rings (SSSR count). The van der Waals surface area contributed by atoms with Crippen molar-refractivity contribution in [1.29, 1.82) is 0 Å². The molecule has 0 saturated heterocycles. The number of amides is 2. The van der Waals surface area contributed by atoms with Gasteiger partial charge >= 0.3 is 6.18 Å². The number of carbonyl (C=O) groups excluding carboxylic acids is 2. The van der Waals surface area contributed by atoms with E-state index in [0.29, 0.717) is 9.47 Å². The smallest absolute Gasteiger partial charge is 0.336 e. The van der Waals surface area contributed by atoms with Crippen molar-refractivity contribution in [2.75, 3.05) is 30.0 Å². The van der Waals surface area contributed by atoms with Gasteiger partial charge in [-0.1, -0.05) is 47.4 Å². The number of aryl methyl sites for hydroxylation is 1. The number of benzene rings is 2. The van der Waals surface area contributed by atoms with E-state index in [0.717, 1.165) is 40.0 Å². The largest absolute Gasteiger partial charge is 0.418 e. The molecular formula is C21H20F3N5O2S2. The standard InChI is InChI=1S/C21H20F3N5O2S2/c1-13-6-5-7-14(10-13)25-19-27-28-20(33-19)32-12-18(31)29(2)11-17(30)26-16-9-4-3-8-15(16)21(22,23)24/h3-10H,11-12H2,1-2H3,(H,25,27)(H,26,30). The number of hydrogen-bond donors (Lipinski definition) is 2. The fourth-order valence-electron chi connectivity index (χ4n) is 2.73. The minimum absolute atomic E-state index is 0.00198. The molecule has 0 atom stereocenters. The number of alkyl halides is 3. The highest BCUT2D eigenvalue weighted by Crippen LogP contribution is 2.34. The molecule has 2 aromatic carbocycles. The lowest BCUT2D eigenvalue weighted by Gasteiger charge is -2.18.